The summed E-state index contributed by atoms with van der Waals surface area (Å²) in [5.41, 5.74) is 11.1. The number of aliphatic imine (C=N–C) groups is 1. The van der Waals surface area contributed by atoms with Crippen molar-refractivity contribution in [1.29, 1.82) is 0 Å². The number of amides is 2. The van der Waals surface area contributed by atoms with Crippen molar-refractivity contribution in [2.75, 3.05) is 44.8 Å². The van der Waals surface area contributed by atoms with Crippen LogP contribution in [0, 0.1) is 25.6 Å². The predicted octanol–water partition coefficient (Wildman–Crippen LogP) is 8.22. The Morgan fingerprint density at radius 2 is 1.74 bits per heavy atom. The van der Waals surface area contributed by atoms with E-state index >= 15 is 4.39 Å². The lowest BCUT2D eigenvalue weighted by atomic mass is 9.87. The number of nitrogens with zero attached hydrogens (tertiary/aromatic N) is 9. The zero-order valence-corrected chi connectivity index (χ0v) is 46.1. The molecule has 6 atom stereocenters. The van der Waals surface area contributed by atoms with Gasteiger partial charge < -0.3 is 40.2 Å². The van der Waals surface area contributed by atoms with Crippen LogP contribution < -0.4 is 20.7 Å². The molecule has 81 heavy (non-hydrogen) atoms. The minimum atomic E-state index is -0.729. The lowest BCUT2D eigenvalue weighted by Crippen LogP contribution is -2.50. The van der Waals surface area contributed by atoms with Gasteiger partial charge in [-0.05, 0) is 92.2 Å². The molecule has 3 aromatic heterocycles. The quantitative estimate of drug-likeness (QED) is 0.0616. The van der Waals surface area contributed by atoms with Crippen LogP contribution in [0.2, 0.25) is 0 Å². The Labute approximate surface area is 469 Å². The van der Waals surface area contributed by atoms with Gasteiger partial charge in [-0.2, -0.15) is 5.10 Å². The van der Waals surface area contributed by atoms with E-state index in [9.17, 15) is 14.7 Å². The molecule has 4 saturated heterocycles. The number of aliphatic hydroxyl groups excluding tert-OH is 1. The van der Waals surface area contributed by atoms with Crippen molar-refractivity contribution >= 4 is 34.4 Å². The van der Waals surface area contributed by atoms with E-state index in [-0.39, 0.29) is 55.0 Å². The van der Waals surface area contributed by atoms with Gasteiger partial charge in [0.15, 0.2) is 5.75 Å². The van der Waals surface area contributed by atoms with Gasteiger partial charge in [0, 0.05) is 90.2 Å². The fourth-order valence-corrected chi connectivity index (χ4v) is 12.8. The monoisotopic (exact) mass is 1100 g/mol. The molecule has 1 saturated carbocycles. The maximum absolute atomic E-state index is 16.2. The third-order valence-corrected chi connectivity index (χ3v) is 17.3. The second-order valence-corrected chi connectivity index (χ2v) is 23.0. The van der Waals surface area contributed by atoms with Crippen LogP contribution >= 0.6 is 0 Å². The van der Waals surface area contributed by atoms with Crippen LogP contribution in [0.25, 0.3) is 44.5 Å². The lowest BCUT2D eigenvalue weighted by molar-refractivity contribution is -0.142. The van der Waals surface area contributed by atoms with Crippen LogP contribution in [0.15, 0.2) is 90.4 Å². The van der Waals surface area contributed by atoms with Crippen molar-refractivity contribution in [2.45, 2.75) is 128 Å². The Balaban J connectivity index is 0.764. The van der Waals surface area contributed by atoms with Crippen molar-refractivity contribution in [1.82, 2.24) is 55.6 Å². The number of amidine groups is 1. The van der Waals surface area contributed by atoms with Crippen LogP contribution in [0.3, 0.4) is 0 Å². The summed E-state index contributed by atoms with van der Waals surface area (Å²) in [6, 6.07) is 18.3. The number of aromatic nitrogens is 7. The Morgan fingerprint density at radius 3 is 2.47 bits per heavy atom. The third kappa shape index (κ3) is 10.2. The summed E-state index contributed by atoms with van der Waals surface area (Å²) in [7, 11) is 0. The largest absolute Gasteiger partial charge is 0.486 e. The molecule has 5 fully saturated rings. The first-order chi connectivity index (χ1) is 39.5. The molecule has 0 radical (unpaired) electrons. The zero-order valence-electron chi connectivity index (χ0n) is 46.1. The second kappa shape index (κ2) is 22.0. The highest BCUT2D eigenvalue weighted by Crippen LogP contribution is 2.56. The summed E-state index contributed by atoms with van der Waals surface area (Å²) in [4.78, 5) is 46.9. The number of anilines is 1. The summed E-state index contributed by atoms with van der Waals surface area (Å²) in [6.07, 6.45) is 12.2. The van der Waals surface area contributed by atoms with Crippen LogP contribution in [-0.4, -0.2) is 132 Å². The van der Waals surface area contributed by atoms with E-state index in [0.717, 1.165) is 112 Å². The molecule has 420 valence electrons. The summed E-state index contributed by atoms with van der Waals surface area (Å²) in [5.74, 6) is -0.183. The molecule has 19 nitrogen and oxygen atoms in total. The van der Waals surface area contributed by atoms with E-state index in [1.54, 1.807) is 34.4 Å². The van der Waals surface area contributed by atoms with Crippen LogP contribution in [0.4, 0.5) is 10.1 Å². The van der Waals surface area contributed by atoms with Gasteiger partial charge in [-0.15, -0.1) is 5.10 Å². The highest BCUT2D eigenvalue weighted by atomic mass is 19.1. The molecule has 1 unspecified atom stereocenters. The Bertz CT molecular complexity index is 3520. The minimum Gasteiger partial charge on any atom is -0.486 e. The normalized spacial score (nSPS) is 21.7. The highest BCUT2D eigenvalue weighted by molar-refractivity contribution is 6.03. The number of ether oxygens (including phenoxy) is 3. The minimum absolute atomic E-state index is 0.0636. The van der Waals surface area contributed by atoms with Gasteiger partial charge >= 0.3 is 0 Å². The number of aliphatic hydroxyl groups is 1. The van der Waals surface area contributed by atoms with Crippen LogP contribution in [-0.2, 0) is 25.7 Å². The summed E-state index contributed by atoms with van der Waals surface area (Å²) >= 11 is 0. The molecule has 13 rings (SSSR count). The number of rotatable bonds is 16. The molecular formula is C61H68FN13O6. The van der Waals surface area contributed by atoms with Crippen molar-refractivity contribution in [3.05, 3.63) is 125 Å². The number of hydrogen-bond donors (Lipinski definition) is 5. The Morgan fingerprint density at radius 1 is 0.951 bits per heavy atom. The van der Waals surface area contributed by atoms with E-state index in [4.69, 9.17) is 19.2 Å². The number of hydrogen-bond acceptors (Lipinski definition) is 15. The molecule has 4 aromatic carbocycles. The first-order valence-electron chi connectivity index (χ1n) is 28.6. The van der Waals surface area contributed by atoms with E-state index in [2.05, 4.69) is 57.4 Å². The molecule has 5 aliphatic heterocycles. The molecule has 20 heteroatoms. The first kappa shape index (κ1) is 52.7. The number of likely N-dealkylation sites (tertiary alicyclic amines) is 2. The van der Waals surface area contributed by atoms with Crippen molar-refractivity contribution in [3.8, 4) is 39.4 Å². The van der Waals surface area contributed by atoms with Crippen LogP contribution in [0.1, 0.15) is 116 Å². The van der Waals surface area contributed by atoms with Gasteiger partial charge in [0.2, 0.25) is 11.8 Å². The van der Waals surface area contributed by atoms with Crippen molar-refractivity contribution in [2.24, 2.45) is 10.9 Å². The molecule has 1 aliphatic carbocycles. The summed E-state index contributed by atoms with van der Waals surface area (Å²) in [6.45, 7) is 10.9. The smallest absolute Gasteiger partial charge is 0.291 e. The number of aromatic amines is 1. The second-order valence-electron chi connectivity index (χ2n) is 23.0. The molecule has 5 N–H and O–H groups in total. The topological polar surface area (TPSA) is 222 Å². The van der Waals surface area contributed by atoms with E-state index in [1.165, 1.54) is 6.07 Å². The number of piperazine rings is 1. The van der Waals surface area contributed by atoms with Gasteiger partial charge in [0.1, 0.15) is 42.5 Å². The van der Waals surface area contributed by atoms with E-state index in [0.29, 0.717) is 73.2 Å². The zero-order chi connectivity index (χ0) is 55.5. The maximum Gasteiger partial charge on any atom is 0.291 e. The number of carbonyl (C=O) groups excluding carboxylic acids is 2. The van der Waals surface area contributed by atoms with E-state index < -0.39 is 18.1 Å². The molecule has 2 amide bonds. The number of fused-ring (bicyclic) bond motifs is 4. The number of benzene rings is 4. The Hall–Kier alpha value is -7.65. The molecule has 0 spiro atoms. The number of halogens is 1. The van der Waals surface area contributed by atoms with E-state index in [1.807, 2.05) is 76.2 Å². The molecule has 2 bridgehead atoms. The summed E-state index contributed by atoms with van der Waals surface area (Å²) in [5, 5.41) is 38.1. The maximum atomic E-state index is 16.2. The molecule has 7 aromatic rings. The Kier molecular flexibility index (Phi) is 14.3. The van der Waals surface area contributed by atoms with Gasteiger partial charge in [-0.3, -0.25) is 29.6 Å². The number of carbonyl (C=O) groups is 2. The summed E-state index contributed by atoms with van der Waals surface area (Å²) < 4.78 is 37.4. The predicted molar refractivity (Wildman–Crippen MR) is 302 cm³/mol. The first-order valence-corrected chi connectivity index (χ1v) is 28.6. The van der Waals surface area contributed by atoms with Gasteiger partial charge in [0.25, 0.3) is 6.02 Å². The number of nitrogens with one attached hydrogen (secondary N) is 4. The number of H-pyrrole nitrogens is 1. The average Bonchev–Trinajstić information content (AvgIpc) is 4.13. The van der Waals surface area contributed by atoms with Gasteiger partial charge in [-0.1, -0.05) is 67.6 Å². The number of aryl methyl sites for hydroxylation is 1. The standard InChI is InChI=1S/C61H68FN13O6/c1-33(2)56(60(78)73-21-5-6-51(73)59(77)67-50(31-76)39-13-15-40(16-14-39)54-35(4)63-19-20-64-54)75-30-49(71-72-75)38-9-7-36(8-10-38)32-80-57-53(52-34(3)47(62)26-48-46(52)28-66-70-48)44(37-11-12-37)25-45-55(57)68-61(81-43-17-22-79-23-18-43)69-58(45)74-29-41-24-42(74)27-65-41/h7-10,13-16,19-20,25-26,28,30,33,37,41-43,50-51,56,58,65,76H,5-6,11-12,17-18,21-24,27,29,31-32H2,1-4H3,(H,66,70)(H,67,77)(H,68,69)/t41-,42-,50-,51-,56-,58?/m0/s1. The van der Waals surface area contributed by atoms with Gasteiger partial charge in [0.05, 0.1) is 60.8 Å². The fourth-order valence-electron chi connectivity index (χ4n) is 12.8. The van der Waals surface area contributed by atoms with Gasteiger partial charge in [-0.25, -0.2) is 14.1 Å². The van der Waals surface area contributed by atoms with Crippen LogP contribution in [0.5, 0.6) is 5.75 Å². The third-order valence-electron chi connectivity index (χ3n) is 17.3. The average molecular weight is 1100 g/mol. The van der Waals surface area contributed by atoms with Crippen molar-refractivity contribution < 1.29 is 33.3 Å². The van der Waals surface area contributed by atoms with Crippen molar-refractivity contribution in [3.63, 3.8) is 0 Å². The molecular weight excluding hydrogens is 1030 g/mol. The lowest BCUT2D eigenvalue weighted by Gasteiger charge is -2.38. The SMILES string of the molecule is Cc1nccnc1-c1ccc([C@H](CO)NC(=O)[C@@H]2CCCN2C(=O)[C@H](C(C)C)n2cc(-c3ccc(COc4c5c(cc(C6CC6)c4-c4c(C)c(F)cc6[nH]ncc46)C(N4C[C@@H]6C[C@H]4CN6)N=C(OC4CCOCC4)N5)cc3)nn2)cc1. The molecule has 6 aliphatic rings. The molecule has 8 heterocycles. The fraction of sp³-hybridized carbons (Fsp3) is 0.443. The highest BCUT2D eigenvalue weighted by Gasteiger charge is 2.46.